The molecule has 76 valence electrons. The molecule has 0 fully saturated rings. The fraction of sp³-hybridized carbons (Fsp3) is 0.0769. The van der Waals surface area contributed by atoms with Gasteiger partial charge in [-0.3, -0.25) is 0 Å². The molecule has 2 rings (SSSR count). The Morgan fingerprint density at radius 1 is 0.800 bits per heavy atom. The van der Waals surface area contributed by atoms with Crippen molar-refractivity contribution in [3.8, 4) is 0 Å². The second kappa shape index (κ2) is 4.82. The number of hydrogen-bond donors (Lipinski definition) is 0. The van der Waals surface area contributed by atoms with Crippen molar-refractivity contribution in [2.24, 2.45) is 0 Å². The Morgan fingerprint density at radius 2 is 1.33 bits per heavy atom. The molecular formula is C13H10BrCl. The quantitative estimate of drug-likeness (QED) is 0.695. The molecule has 0 aromatic heterocycles. The molecular weight excluding hydrogens is 272 g/mol. The number of hydrogen-bond acceptors (Lipinski definition) is 0. The minimum absolute atomic E-state index is 0.0701. The Hall–Kier alpha value is -0.790. The highest BCUT2D eigenvalue weighted by molar-refractivity contribution is 9.10. The Bertz CT molecular complexity index is 422. The van der Waals surface area contributed by atoms with Gasteiger partial charge in [0, 0.05) is 4.47 Å². The molecule has 2 heteroatoms. The normalized spacial score (nSPS) is 12.4. The van der Waals surface area contributed by atoms with E-state index >= 15 is 0 Å². The fourth-order valence-corrected chi connectivity index (χ4v) is 2.00. The number of benzene rings is 2. The first kappa shape index (κ1) is 10.7. The first-order valence-electron chi connectivity index (χ1n) is 4.72. The van der Waals surface area contributed by atoms with Crippen molar-refractivity contribution in [2.45, 2.75) is 5.38 Å². The zero-order chi connectivity index (χ0) is 10.7. The van der Waals surface area contributed by atoms with Crippen molar-refractivity contribution >= 4 is 27.5 Å². The third-order valence-corrected chi connectivity index (χ3v) is 3.29. The Balaban J connectivity index is 2.29. The monoisotopic (exact) mass is 280 g/mol. The van der Waals surface area contributed by atoms with Gasteiger partial charge in [-0.25, -0.2) is 0 Å². The average Bonchev–Trinajstić information content (AvgIpc) is 2.30. The predicted octanol–water partition coefficient (Wildman–Crippen LogP) is 4.78. The molecule has 1 atom stereocenters. The topological polar surface area (TPSA) is 0 Å². The molecule has 0 spiro atoms. The van der Waals surface area contributed by atoms with Crippen LogP contribution >= 0.6 is 27.5 Å². The summed E-state index contributed by atoms with van der Waals surface area (Å²) in [7, 11) is 0. The van der Waals surface area contributed by atoms with Gasteiger partial charge in [0.2, 0.25) is 0 Å². The largest absolute Gasteiger partial charge is 0.113 e. The van der Waals surface area contributed by atoms with Crippen LogP contribution in [0.4, 0.5) is 0 Å². The Morgan fingerprint density at radius 3 is 1.93 bits per heavy atom. The average molecular weight is 282 g/mol. The number of halogens is 2. The van der Waals surface area contributed by atoms with Gasteiger partial charge in [-0.05, 0) is 23.3 Å². The zero-order valence-corrected chi connectivity index (χ0v) is 10.4. The summed E-state index contributed by atoms with van der Waals surface area (Å²) in [6, 6.07) is 18.2. The van der Waals surface area contributed by atoms with Gasteiger partial charge in [0.15, 0.2) is 0 Å². The fourth-order valence-electron chi connectivity index (χ4n) is 1.45. The molecule has 0 aliphatic carbocycles. The molecule has 0 nitrogen and oxygen atoms in total. The lowest BCUT2D eigenvalue weighted by Crippen LogP contribution is -1.91. The Labute approximate surface area is 103 Å². The molecule has 0 unspecified atom stereocenters. The molecule has 0 N–H and O–H groups in total. The van der Waals surface area contributed by atoms with Crippen molar-refractivity contribution in [3.05, 3.63) is 70.2 Å². The van der Waals surface area contributed by atoms with Gasteiger partial charge in [-0.2, -0.15) is 0 Å². The van der Waals surface area contributed by atoms with E-state index in [1.807, 2.05) is 54.6 Å². The van der Waals surface area contributed by atoms with Crippen LogP contribution in [0, 0.1) is 0 Å². The molecule has 0 amide bonds. The van der Waals surface area contributed by atoms with Gasteiger partial charge in [0.1, 0.15) is 0 Å². The standard InChI is InChI=1S/C13H10BrCl/c14-12-8-6-11(7-9-12)13(15)10-4-2-1-3-5-10/h1-9,13H/t13-/m1/s1. The highest BCUT2D eigenvalue weighted by Gasteiger charge is 2.09. The van der Waals surface area contributed by atoms with E-state index < -0.39 is 0 Å². The van der Waals surface area contributed by atoms with Gasteiger partial charge in [0.05, 0.1) is 5.38 Å². The van der Waals surface area contributed by atoms with E-state index in [1.165, 1.54) is 0 Å². The third kappa shape index (κ3) is 2.61. The van der Waals surface area contributed by atoms with Crippen LogP contribution in [0.15, 0.2) is 59.1 Å². The minimum Gasteiger partial charge on any atom is -0.113 e. The molecule has 0 bridgehead atoms. The van der Waals surface area contributed by atoms with Gasteiger partial charge in [-0.1, -0.05) is 58.4 Å². The van der Waals surface area contributed by atoms with Crippen LogP contribution in [0.2, 0.25) is 0 Å². The SMILES string of the molecule is Cl[C@H](c1ccccc1)c1ccc(Br)cc1. The molecule has 15 heavy (non-hydrogen) atoms. The molecule has 0 saturated carbocycles. The van der Waals surface area contributed by atoms with E-state index in [0.717, 1.165) is 15.6 Å². The summed E-state index contributed by atoms with van der Waals surface area (Å²) in [5.74, 6) is 0. The van der Waals surface area contributed by atoms with Gasteiger partial charge >= 0.3 is 0 Å². The van der Waals surface area contributed by atoms with E-state index in [4.69, 9.17) is 11.6 Å². The molecule has 0 heterocycles. The molecule has 2 aromatic carbocycles. The zero-order valence-electron chi connectivity index (χ0n) is 8.03. The predicted molar refractivity (Wildman–Crippen MR) is 68.3 cm³/mol. The van der Waals surface area contributed by atoms with Crippen LogP contribution in [0.5, 0.6) is 0 Å². The summed E-state index contributed by atoms with van der Waals surface area (Å²) in [5, 5.41) is -0.0701. The highest BCUT2D eigenvalue weighted by atomic mass is 79.9. The van der Waals surface area contributed by atoms with Gasteiger partial charge < -0.3 is 0 Å². The number of alkyl halides is 1. The van der Waals surface area contributed by atoms with Crippen LogP contribution in [0.1, 0.15) is 16.5 Å². The lowest BCUT2D eigenvalue weighted by Gasteiger charge is -2.09. The summed E-state index contributed by atoms with van der Waals surface area (Å²) >= 11 is 9.78. The van der Waals surface area contributed by atoms with Crippen LogP contribution in [-0.4, -0.2) is 0 Å². The van der Waals surface area contributed by atoms with Crippen LogP contribution in [0.3, 0.4) is 0 Å². The lowest BCUT2D eigenvalue weighted by atomic mass is 10.0. The van der Waals surface area contributed by atoms with Crippen molar-refractivity contribution < 1.29 is 0 Å². The molecule has 0 saturated heterocycles. The second-order valence-electron chi connectivity index (χ2n) is 3.32. The van der Waals surface area contributed by atoms with Crippen molar-refractivity contribution in [2.75, 3.05) is 0 Å². The second-order valence-corrected chi connectivity index (χ2v) is 4.68. The maximum Gasteiger partial charge on any atom is 0.0835 e. The summed E-state index contributed by atoms with van der Waals surface area (Å²) < 4.78 is 1.07. The van der Waals surface area contributed by atoms with E-state index in [-0.39, 0.29) is 5.38 Å². The Kier molecular flexibility index (Phi) is 3.45. The van der Waals surface area contributed by atoms with E-state index in [9.17, 15) is 0 Å². The minimum atomic E-state index is -0.0701. The molecule has 0 radical (unpaired) electrons. The van der Waals surface area contributed by atoms with Crippen LogP contribution in [-0.2, 0) is 0 Å². The van der Waals surface area contributed by atoms with Crippen molar-refractivity contribution in [3.63, 3.8) is 0 Å². The summed E-state index contributed by atoms with van der Waals surface area (Å²) in [4.78, 5) is 0. The summed E-state index contributed by atoms with van der Waals surface area (Å²) in [5.41, 5.74) is 2.24. The first-order valence-corrected chi connectivity index (χ1v) is 5.95. The number of rotatable bonds is 2. The maximum atomic E-state index is 6.37. The van der Waals surface area contributed by atoms with E-state index in [1.54, 1.807) is 0 Å². The summed E-state index contributed by atoms with van der Waals surface area (Å²) in [6.45, 7) is 0. The lowest BCUT2D eigenvalue weighted by molar-refractivity contribution is 1.14. The van der Waals surface area contributed by atoms with Gasteiger partial charge in [-0.15, -0.1) is 11.6 Å². The molecule has 2 aromatic rings. The van der Waals surface area contributed by atoms with Gasteiger partial charge in [0.25, 0.3) is 0 Å². The maximum absolute atomic E-state index is 6.37. The smallest absolute Gasteiger partial charge is 0.0835 e. The first-order chi connectivity index (χ1) is 7.27. The summed E-state index contributed by atoms with van der Waals surface area (Å²) in [6.07, 6.45) is 0. The molecule has 0 aliphatic heterocycles. The van der Waals surface area contributed by atoms with E-state index in [0.29, 0.717) is 0 Å². The highest BCUT2D eigenvalue weighted by Crippen LogP contribution is 2.29. The third-order valence-electron chi connectivity index (χ3n) is 2.25. The van der Waals surface area contributed by atoms with E-state index in [2.05, 4.69) is 15.9 Å². The van der Waals surface area contributed by atoms with Crippen molar-refractivity contribution in [1.82, 2.24) is 0 Å². The van der Waals surface area contributed by atoms with Crippen molar-refractivity contribution in [1.29, 1.82) is 0 Å². The van der Waals surface area contributed by atoms with Crippen LogP contribution < -0.4 is 0 Å². The van der Waals surface area contributed by atoms with Crippen LogP contribution in [0.25, 0.3) is 0 Å². The molecule has 0 aliphatic rings.